The van der Waals surface area contributed by atoms with Gasteiger partial charge in [-0.2, -0.15) is 0 Å². The van der Waals surface area contributed by atoms with E-state index in [1.165, 1.54) is 12.1 Å². The summed E-state index contributed by atoms with van der Waals surface area (Å²) in [5.74, 6) is -0.168. The van der Waals surface area contributed by atoms with E-state index in [-0.39, 0.29) is 30.0 Å². The summed E-state index contributed by atoms with van der Waals surface area (Å²) in [6, 6.07) is 6.11. The third-order valence-electron chi connectivity index (χ3n) is 2.85. The van der Waals surface area contributed by atoms with Gasteiger partial charge in [-0.15, -0.1) is 0 Å². The first-order valence-corrected chi connectivity index (χ1v) is 6.03. The number of hydrogen-bond donors (Lipinski definition) is 2. The molecule has 0 aromatic heterocycles. The number of nitrogens with one attached hydrogen (secondary N) is 2. The Hall–Kier alpha value is -2.15. The lowest BCUT2D eigenvalue weighted by atomic mass is 10.2. The van der Waals surface area contributed by atoms with Crippen LogP contribution in [0.1, 0.15) is 6.42 Å². The Labute approximate surface area is 110 Å². The van der Waals surface area contributed by atoms with Crippen LogP contribution in [0.15, 0.2) is 24.3 Å². The summed E-state index contributed by atoms with van der Waals surface area (Å²) in [5.41, 5.74) is -0.141. The van der Waals surface area contributed by atoms with Gasteiger partial charge >= 0.3 is 5.69 Å². The Kier molecular flexibility index (Phi) is 4.30. The summed E-state index contributed by atoms with van der Waals surface area (Å²) in [6.07, 6.45) is 0.886. The number of rotatable bonds is 5. The van der Waals surface area contributed by atoms with Crippen molar-refractivity contribution in [2.45, 2.75) is 12.5 Å². The molecule has 1 atom stereocenters. The number of hydrogen-bond acceptors (Lipinski definition) is 5. The fraction of sp³-hybridized carbons (Fsp3) is 0.417. The van der Waals surface area contributed by atoms with Gasteiger partial charge < -0.3 is 15.4 Å². The zero-order valence-corrected chi connectivity index (χ0v) is 10.3. The molecular weight excluding hydrogens is 250 g/mol. The maximum Gasteiger partial charge on any atom is 0.310 e. The van der Waals surface area contributed by atoms with Crippen molar-refractivity contribution < 1.29 is 14.5 Å². The highest BCUT2D eigenvalue weighted by molar-refractivity contribution is 5.78. The van der Waals surface area contributed by atoms with E-state index < -0.39 is 4.92 Å². The number of carbonyl (C=O) groups is 1. The van der Waals surface area contributed by atoms with Crippen LogP contribution < -0.4 is 15.4 Å². The summed E-state index contributed by atoms with van der Waals surface area (Å²) in [7, 11) is 0. The molecule has 1 saturated heterocycles. The molecule has 2 rings (SSSR count). The second kappa shape index (κ2) is 6.14. The standard InChI is InChI=1S/C12H15N3O4/c16-12(14-9-5-6-13-7-9)8-19-11-4-2-1-3-10(11)15(17)18/h1-4,9,13H,5-8H2,(H,14,16). The quantitative estimate of drug-likeness (QED) is 0.595. The monoisotopic (exact) mass is 265 g/mol. The Bertz CT molecular complexity index is 472. The number of para-hydroxylation sites is 2. The van der Waals surface area contributed by atoms with E-state index in [1.54, 1.807) is 12.1 Å². The van der Waals surface area contributed by atoms with Crippen molar-refractivity contribution >= 4 is 11.6 Å². The number of nitrogens with zero attached hydrogens (tertiary/aromatic N) is 1. The van der Waals surface area contributed by atoms with Gasteiger partial charge in [-0.05, 0) is 19.0 Å². The summed E-state index contributed by atoms with van der Waals surface area (Å²) in [5, 5.41) is 16.7. The predicted octanol–water partition coefficient (Wildman–Crippen LogP) is 0.452. The van der Waals surface area contributed by atoms with Gasteiger partial charge in [0.05, 0.1) is 4.92 Å². The van der Waals surface area contributed by atoms with Crippen molar-refractivity contribution in [3.63, 3.8) is 0 Å². The molecule has 1 heterocycles. The second-order valence-corrected chi connectivity index (χ2v) is 4.27. The molecule has 0 saturated carbocycles. The third-order valence-corrected chi connectivity index (χ3v) is 2.85. The minimum absolute atomic E-state index is 0.104. The van der Waals surface area contributed by atoms with Gasteiger partial charge in [0, 0.05) is 18.7 Å². The predicted molar refractivity (Wildman–Crippen MR) is 68.0 cm³/mol. The molecule has 2 N–H and O–H groups in total. The summed E-state index contributed by atoms with van der Waals surface area (Å²) >= 11 is 0. The smallest absolute Gasteiger partial charge is 0.310 e. The molecule has 1 aromatic rings. The highest BCUT2D eigenvalue weighted by Crippen LogP contribution is 2.25. The van der Waals surface area contributed by atoms with Gasteiger partial charge in [-0.25, -0.2) is 0 Å². The average Bonchev–Trinajstić information content (AvgIpc) is 2.89. The van der Waals surface area contributed by atoms with Crippen LogP contribution in [0.3, 0.4) is 0 Å². The molecular formula is C12H15N3O4. The fourth-order valence-corrected chi connectivity index (χ4v) is 1.92. The molecule has 1 aromatic carbocycles. The van der Waals surface area contributed by atoms with Crippen LogP contribution in [0.2, 0.25) is 0 Å². The molecule has 0 radical (unpaired) electrons. The maximum atomic E-state index is 11.6. The van der Waals surface area contributed by atoms with Crippen molar-refractivity contribution in [1.82, 2.24) is 10.6 Å². The molecule has 0 aliphatic carbocycles. The largest absolute Gasteiger partial charge is 0.477 e. The zero-order chi connectivity index (χ0) is 13.7. The van der Waals surface area contributed by atoms with Gasteiger partial charge in [0.2, 0.25) is 0 Å². The molecule has 0 bridgehead atoms. The van der Waals surface area contributed by atoms with E-state index in [4.69, 9.17) is 4.74 Å². The molecule has 1 aliphatic rings. The molecule has 7 nitrogen and oxygen atoms in total. The van der Waals surface area contributed by atoms with Crippen LogP contribution in [0.25, 0.3) is 0 Å². The van der Waals surface area contributed by atoms with Crippen LogP contribution in [0.5, 0.6) is 5.75 Å². The molecule has 1 unspecified atom stereocenters. The van der Waals surface area contributed by atoms with Crippen LogP contribution in [0, 0.1) is 10.1 Å². The lowest BCUT2D eigenvalue weighted by molar-refractivity contribution is -0.385. The van der Waals surface area contributed by atoms with E-state index in [0.29, 0.717) is 0 Å². The minimum Gasteiger partial charge on any atom is -0.477 e. The van der Waals surface area contributed by atoms with Crippen LogP contribution in [-0.2, 0) is 4.79 Å². The Morgan fingerprint density at radius 3 is 3.00 bits per heavy atom. The van der Waals surface area contributed by atoms with Crippen molar-refractivity contribution in [3.05, 3.63) is 34.4 Å². The van der Waals surface area contributed by atoms with E-state index in [9.17, 15) is 14.9 Å². The van der Waals surface area contributed by atoms with Crippen LogP contribution in [-0.4, -0.2) is 36.6 Å². The van der Waals surface area contributed by atoms with E-state index in [2.05, 4.69) is 10.6 Å². The lowest BCUT2D eigenvalue weighted by Gasteiger charge is -2.11. The normalized spacial score (nSPS) is 18.0. The number of carbonyl (C=O) groups excluding carboxylic acids is 1. The molecule has 1 fully saturated rings. The molecule has 1 aliphatic heterocycles. The van der Waals surface area contributed by atoms with E-state index in [1.807, 2.05) is 0 Å². The Morgan fingerprint density at radius 2 is 2.32 bits per heavy atom. The van der Waals surface area contributed by atoms with Crippen molar-refractivity contribution in [2.75, 3.05) is 19.7 Å². The van der Waals surface area contributed by atoms with Crippen LogP contribution in [0.4, 0.5) is 5.69 Å². The third kappa shape index (κ3) is 3.65. The number of benzene rings is 1. The lowest BCUT2D eigenvalue weighted by Crippen LogP contribution is -2.39. The number of nitro groups is 1. The first-order chi connectivity index (χ1) is 9.16. The first-order valence-electron chi connectivity index (χ1n) is 6.03. The van der Waals surface area contributed by atoms with Gasteiger partial charge in [-0.3, -0.25) is 14.9 Å². The highest BCUT2D eigenvalue weighted by atomic mass is 16.6. The molecule has 19 heavy (non-hydrogen) atoms. The van der Waals surface area contributed by atoms with Crippen molar-refractivity contribution in [1.29, 1.82) is 0 Å². The van der Waals surface area contributed by atoms with Crippen molar-refractivity contribution in [3.8, 4) is 5.75 Å². The second-order valence-electron chi connectivity index (χ2n) is 4.27. The highest BCUT2D eigenvalue weighted by Gasteiger charge is 2.18. The SMILES string of the molecule is O=C(COc1ccccc1[N+](=O)[O-])NC1CCNC1. The van der Waals surface area contributed by atoms with Gasteiger partial charge in [0.15, 0.2) is 12.4 Å². The van der Waals surface area contributed by atoms with Gasteiger partial charge in [-0.1, -0.05) is 12.1 Å². The fourth-order valence-electron chi connectivity index (χ4n) is 1.92. The maximum absolute atomic E-state index is 11.6. The summed E-state index contributed by atoms with van der Waals surface area (Å²) in [4.78, 5) is 21.8. The van der Waals surface area contributed by atoms with E-state index in [0.717, 1.165) is 19.5 Å². The summed E-state index contributed by atoms with van der Waals surface area (Å²) < 4.78 is 5.20. The minimum atomic E-state index is -0.534. The number of ether oxygens (including phenoxy) is 1. The van der Waals surface area contributed by atoms with Crippen LogP contribution >= 0.6 is 0 Å². The first kappa shape index (κ1) is 13.3. The Morgan fingerprint density at radius 1 is 1.53 bits per heavy atom. The van der Waals surface area contributed by atoms with E-state index >= 15 is 0 Å². The topological polar surface area (TPSA) is 93.5 Å². The van der Waals surface area contributed by atoms with Gasteiger partial charge in [0.1, 0.15) is 0 Å². The van der Waals surface area contributed by atoms with Crippen molar-refractivity contribution in [2.24, 2.45) is 0 Å². The molecule has 102 valence electrons. The molecule has 7 heteroatoms. The Balaban J connectivity index is 1.87. The molecule has 0 spiro atoms. The summed E-state index contributed by atoms with van der Waals surface area (Å²) in [6.45, 7) is 1.41. The number of nitro benzene ring substituents is 1. The molecule has 1 amide bonds. The number of amides is 1. The zero-order valence-electron chi connectivity index (χ0n) is 10.3. The average molecular weight is 265 g/mol. The van der Waals surface area contributed by atoms with Gasteiger partial charge in [0.25, 0.3) is 5.91 Å².